The number of amides is 1. The van der Waals surface area contributed by atoms with Gasteiger partial charge in [-0.05, 0) is 24.0 Å². The normalized spacial score (nSPS) is 15.7. The first-order valence-corrected chi connectivity index (χ1v) is 10.3. The zero-order valence-electron chi connectivity index (χ0n) is 17.1. The van der Waals surface area contributed by atoms with Crippen LogP contribution in [-0.4, -0.2) is 49.5 Å². The number of guanidine groups is 1. The number of benzene rings is 2. The molecule has 29 heavy (non-hydrogen) atoms. The van der Waals surface area contributed by atoms with Gasteiger partial charge >= 0.3 is 0 Å². The first-order chi connectivity index (χ1) is 14.2. The van der Waals surface area contributed by atoms with Gasteiger partial charge in [0.2, 0.25) is 5.91 Å². The maximum absolute atomic E-state index is 12.1. The third kappa shape index (κ3) is 7.23. The van der Waals surface area contributed by atoms with Gasteiger partial charge in [-0.15, -0.1) is 0 Å². The molecule has 154 valence electrons. The summed E-state index contributed by atoms with van der Waals surface area (Å²) in [7, 11) is 1.74. The minimum atomic E-state index is -0.0468. The topological polar surface area (TPSA) is 68.8 Å². The molecule has 0 unspecified atom stereocenters. The quantitative estimate of drug-likeness (QED) is 0.498. The first kappa shape index (κ1) is 20.9. The van der Waals surface area contributed by atoms with Crippen molar-refractivity contribution in [3.05, 3.63) is 71.8 Å². The summed E-state index contributed by atoms with van der Waals surface area (Å²) in [6, 6.07) is 20.9. The Morgan fingerprint density at radius 3 is 2.21 bits per heavy atom. The number of hydrogen-bond donors (Lipinski definition) is 3. The molecule has 3 rings (SSSR count). The highest BCUT2D eigenvalue weighted by Gasteiger charge is 2.20. The number of piperidine rings is 1. The molecule has 1 saturated heterocycles. The van der Waals surface area contributed by atoms with Gasteiger partial charge in [-0.3, -0.25) is 14.7 Å². The van der Waals surface area contributed by atoms with Crippen molar-refractivity contribution in [1.29, 1.82) is 0 Å². The van der Waals surface area contributed by atoms with Crippen molar-refractivity contribution >= 4 is 11.9 Å². The van der Waals surface area contributed by atoms with Crippen molar-refractivity contribution in [2.45, 2.75) is 32.0 Å². The molecule has 1 fully saturated rings. The minimum Gasteiger partial charge on any atom is -0.354 e. The van der Waals surface area contributed by atoms with E-state index >= 15 is 0 Å². The van der Waals surface area contributed by atoms with Gasteiger partial charge < -0.3 is 16.0 Å². The SMILES string of the molecule is CN=C(NCC(=O)NCc1ccccc1)NC1CCN(Cc2ccccc2)CC1. The standard InChI is InChI=1S/C23H31N5O/c1-24-23(26-17-22(29)25-16-19-8-4-2-5-9-19)27-21-12-14-28(15-13-21)18-20-10-6-3-7-11-20/h2-11,21H,12-18H2,1H3,(H,25,29)(H2,24,26,27). The highest BCUT2D eigenvalue weighted by atomic mass is 16.1. The van der Waals surface area contributed by atoms with E-state index in [1.807, 2.05) is 30.3 Å². The Balaban J connectivity index is 1.34. The first-order valence-electron chi connectivity index (χ1n) is 10.3. The zero-order chi connectivity index (χ0) is 20.3. The van der Waals surface area contributed by atoms with Crippen LogP contribution in [0.2, 0.25) is 0 Å². The van der Waals surface area contributed by atoms with Crippen LogP contribution in [0.25, 0.3) is 0 Å². The fourth-order valence-corrected chi connectivity index (χ4v) is 3.49. The summed E-state index contributed by atoms with van der Waals surface area (Å²) in [5.41, 5.74) is 2.45. The Labute approximate surface area is 173 Å². The molecule has 0 atom stereocenters. The van der Waals surface area contributed by atoms with Crippen LogP contribution in [0.3, 0.4) is 0 Å². The third-order valence-corrected chi connectivity index (χ3v) is 5.15. The Kier molecular flexibility index (Phi) is 8.07. The van der Waals surface area contributed by atoms with E-state index in [0.717, 1.165) is 38.0 Å². The fourth-order valence-electron chi connectivity index (χ4n) is 3.49. The minimum absolute atomic E-state index is 0.0468. The van der Waals surface area contributed by atoms with E-state index in [-0.39, 0.29) is 12.5 Å². The lowest BCUT2D eigenvalue weighted by Crippen LogP contribution is -2.50. The van der Waals surface area contributed by atoms with Crippen LogP contribution >= 0.6 is 0 Å². The van der Waals surface area contributed by atoms with Gasteiger partial charge in [0.25, 0.3) is 0 Å². The van der Waals surface area contributed by atoms with Gasteiger partial charge in [-0.1, -0.05) is 60.7 Å². The van der Waals surface area contributed by atoms with Crippen LogP contribution in [0.1, 0.15) is 24.0 Å². The van der Waals surface area contributed by atoms with E-state index in [9.17, 15) is 4.79 Å². The van der Waals surface area contributed by atoms with Gasteiger partial charge in [0.05, 0.1) is 6.54 Å². The van der Waals surface area contributed by atoms with Gasteiger partial charge in [0, 0.05) is 39.3 Å². The summed E-state index contributed by atoms with van der Waals surface area (Å²) < 4.78 is 0. The van der Waals surface area contributed by atoms with Gasteiger partial charge in [-0.2, -0.15) is 0 Å². The van der Waals surface area contributed by atoms with Gasteiger partial charge in [0.15, 0.2) is 5.96 Å². The van der Waals surface area contributed by atoms with Crippen LogP contribution in [0.4, 0.5) is 0 Å². The second-order valence-corrected chi connectivity index (χ2v) is 7.37. The summed E-state index contributed by atoms with van der Waals surface area (Å²) >= 11 is 0. The van der Waals surface area contributed by atoms with Crippen LogP contribution in [0.5, 0.6) is 0 Å². The Hall–Kier alpha value is -2.86. The summed E-state index contributed by atoms with van der Waals surface area (Å²) in [6.07, 6.45) is 2.13. The molecule has 1 aliphatic heterocycles. The molecule has 0 aromatic heterocycles. The smallest absolute Gasteiger partial charge is 0.239 e. The van der Waals surface area contributed by atoms with Crippen LogP contribution in [0.15, 0.2) is 65.7 Å². The second kappa shape index (κ2) is 11.2. The average Bonchev–Trinajstić information content (AvgIpc) is 2.78. The van der Waals surface area contributed by atoms with Crippen molar-refractivity contribution in [3.8, 4) is 0 Å². The lowest BCUT2D eigenvalue weighted by Gasteiger charge is -2.33. The molecule has 1 amide bonds. The predicted octanol–water partition coefficient (Wildman–Crippen LogP) is 2.13. The molecule has 2 aromatic rings. The molecule has 6 heteroatoms. The summed E-state index contributed by atoms with van der Waals surface area (Å²) in [5, 5.41) is 9.49. The molecule has 1 heterocycles. The summed E-state index contributed by atoms with van der Waals surface area (Å²) in [4.78, 5) is 18.8. The zero-order valence-corrected chi connectivity index (χ0v) is 17.1. The monoisotopic (exact) mass is 393 g/mol. The van der Waals surface area contributed by atoms with E-state index in [1.165, 1.54) is 5.56 Å². The molecule has 0 aliphatic carbocycles. The van der Waals surface area contributed by atoms with Crippen LogP contribution < -0.4 is 16.0 Å². The molecular weight excluding hydrogens is 362 g/mol. The van der Waals surface area contributed by atoms with Crippen molar-refractivity contribution in [1.82, 2.24) is 20.9 Å². The van der Waals surface area contributed by atoms with E-state index in [1.54, 1.807) is 7.05 Å². The Bertz CT molecular complexity index is 770. The Morgan fingerprint density at radius 2 is 1.59 bits per heavy atom. The number of nitrogens with one attached hydrogen (secondary N) is 3. The molecule has 3 N–H and O–H groups in total. The highest BCUT2D eigenvalue weighted by molar-refractivity contribution is 5.86. The van der Waals surface area contributed by atoms with Crippen molar-refractivity contribution in [2.24, 2.45) is 4.99 Å². The van der Waals surface area contributed by atoms with E-state index in [0.29, 0.717) is 18.5 Å². The molecule has 1 aliphatic rings. The van der Waals surface area contributed by atoms with Crippen molar-refractivity contribution in [3.63, 3.8) is 0 Å². The maximum Gasteiger partial charge on any atom is 0.239 e. The molecule has 0 radical (unpaired) electrons. The third-order valence-electron chi connectivity index (χ3n) is 5.15. The number of carbonyl (C=O) groups is 1. The predicted molar refractivity (Wildman–Crippen MR) is 118 cm³/mol. The molecule has 2 aromatic carbocycles. The van der Waals surface area contributed by atoms with Gasteiger partial charge in [0.1, 0.15) is 0 Å². The largest absolute Gasteiger partial charge is 0.354 e. The lowest BCUT2D eigenvalue weighted by atomic mass is 10.0. The molecule has 0 saturated carbocycles. The van der Waals surface area contributed by atoms with Gasteiger partial charge in [-0.25, -0.2) is 0 Å². The molecule has 0 spiro atoms. The number of hydrogen-bond acceptors (Lipinski definition) is 3. The summed E-state index contributed by atoms with van der Waals surface area (Å²) in [6.45, 7) is 3.86. The van der Waals surface area contributed by atoms with E-state index in [2.05, 4.69) is 56.2 Å². The number of likely N-dealkylation sites (tertiary alicyclic amines) is 1. The van der Waals surface area contributed by atoms with Crippen LogP contribution in [-0.2, 0) is 17.9 Å². The number of nitrogens with zero attached hydrogens (tertiary/aromatic N) is 2. The van der Waals surface area contributed by atoms with Crippen molar-refractivity contribution in [2.75, 3.05) is 26.7 Å². The molecule has 0 bridgehead atoms. The maximum atomic E-state index is 12.1. The number of rotatable bonds is 7. The second-order valence-electron chi connectivity index (χ2n) is 7.37. The summed E-state index contributed by atoms with van der Waals surface area (Å²) in [5.74, 6) is 0.635. The molecular formula is C23H31N5O. The molecule has 6 nitrogen and oxygen atoms in total. The lowest BCUT2D eigenvalue weighted by molar-refractivity contribution is -0.120. The van der Waals surface area contributed by atoms with E-state index < -0.39 is 0 Å². The fraction of sp³-hybridized carbons (Fsp3) is 0.391. The average molecular weight is 394 g/mol. The number of carbonyl (C=O) groups excluding carboxylic acids is 1. The van der Waals surface area contributed by atoms with Crippen molar-refractivity contribution < 1.29 is 4.79 Å². The number of aliphatic imine (C=N–C) groups is 1. The Morgan fingerprint density at radius 1 is 0.966 bits per heavy atom. The van der Waals surface area contributed by atoms with Crippen LogP contribution in [0, 0.1) is 0 Å². The van der Waals surface area contributed by atoms with E-state index in [4.69, 9.17) is 0 Å². The highest BCUT2D eigenvalue weighted by Crippen LogP contribution is 2.13.